The zero-order valence-electron chi connectivity index (χ0n) is 9.42. The van der Waals surface area contributed by atoms with Crippen LogP contribution in [-0.4, -0.2) is 21.8 Å². The summed E-state index contributed by atoms with van der Waals surface area (Å²) in [6, 6.07) is 9.45. The molecule has 5 nitrogen and oxygen atoms in total. The van der Waals surface area contributed by atoms with Crippen molar-refractivity contribution in [2.24, 2.45) is 0 Å². The number of nitrogens with zero attached hydrogens (tertiary/aromatic N) is 1. The average molecular weight is 241 g/mol. The first-order valence-electron chi connectivity index (χ1n) is 5.22. The molecule has 90 valence electrons. The van der Waals surface area contributed by atoms with E-state index in [1.54, 1.807) is 24.4 Å². The lowest BCUT2D eigenvalue weighted by Gasteiger charge is -2.08. The molecule has 1 aromatic heterocycles. The maximum Gasteiger partial charge on any atom is 0.335 e. The van der Waals surface area contributed by atoms with E-state index in [0.29, 0.717) is 16.9 Å². The molecule has 0 aliphatic rings. The molecule has 0 aliphatic heterocycles. The van der Waals surface area contributed by atoms with Crippen LogP contribution in [0.5, 0.6) is 0 Å². The van der Waals surface area contributed by atoms with E-state index >= 15 is 0 Å². The monoisotopic (exact) mass is 241 g/mol. The second kappa shape index (κ2) is 4.67. The van der Waals surface area contributed by atoms with Crippen LogP contribution in [0, 0.1) is 5.41 Å². The number of rotatable bonds is 3. The Kier molecular flexibility index (Phi) is 3.05. The molecule has 0 amide bonds. The summed E-state index contributed by atoms with van der Waals surface area (Å²) in [7, 11) is 0. The van der Waals surface area contributed by atoms with E-state index in [9.17, 15) is 4.79 Å². The third-order valence-electron chi connectivity index (χ3n) is 2.49. The number of nitrogens with two attached hydrogens (primary N) is 1. The molecule has 18 heavy (non-hydrogen) atoms. The van der Waals surface area contributed by atoms with Gasteiger partial charge in [0.1, 0.15) is 0 Å². The summed E-state index contributed by atoms with van der Waals surface area (Å²) in [5, 5.41) is 16.9. The molecular weight excluding hydrogens is 230 g/mol. The van der Waals surface area contributed by atoms with Crippen LogP contribution >= 0.6 is 0 Å². The van der Waals surface area contributed by atoms with Gasteiger partial charge in [-0.05, 0) is 30.3 Å². The van der Waals surface area contributed by atoms with E-state index < -0.39 is 5.97 Å². The first kappa shape index (κ1) is 11.8. The van der Waals surface area contributed by atoms with Gasteiger partial charge >= 0.3 is 5.97 Å². The molecule has 0 unspecified atom stereocenters. The number of carbonyl (C=O) groups is 1. The van der Waals surface area contributed by atoms with Crippen molar-refractivity contribution >= 4 is 17.4 Å². The van der Waals surface area contributed by atoms with Crippen LogP contribution in [0.2, 0.25) is 0 Å². The highest BCUT2D eigenvalue weighted by atomic mass is 16.4. The van der Waals surface area contributed by atoms with Gasteiger partial charge in [-0.25, -0.2) is 4.79 Å². The van der Waals surface area contributed by atoms with Crippen LogP contribution < -0.4 is 5.73 Å². The summed E-state index contributed by atoms with van der Waals surface area (Å²) in [5.74, 6) is -1.05. The number of nitrogen functional groups attached to an aromatic ring is 1. The van der Waals surface area contributed by atoms with Crippen molar-refractivity contribution in [2.75, 3.05) is 5.73 Å². The van der Waals surface area contributed by atoms with Gasteiger partial charge in [0.05, 0.1) is 17.0 Å². The number of aromatic carboxylic acids is 1. The first-order valence-corrected chi connectivity index (χ1v) is 5.22. The third kappa shape index (κ3) is 2.20. The van der Waals surface area contributed by atoms with Gasteiger partial charge in [0, 0.05) is 17.4 Å². The van der Waals surface area contributed by atoms with Crippen LogP contribution in [0.25, 0.3) is 0 Å². The number of carboxylic acids is 1. The molecule has 0 spiro atoms. The predicted molar refractivity (Wildman–Crippen MR) is 68.0 cm³/mol. The highest BCUT2D eigenvalue weighted by Gasteiger charge is 2.12. The Bertz CT molecular complexity index is 609. The highest BCUT2D eigenvalue weighted by Crippen LogP contribution is 2.17. The zero-order chi connectivity index (χ0) is 13.1. The summed E-state index contributed by atoms with van der Waals surface area (Å²) in [6.07, 6.45) is 1.57. The zero-order valence-corrected chi connectivity index (χ0v) is 9.42. The number of hydrogen-bond donors (Lipinski definition) is 3. The number of pyridine rings is 1. The second-order valence-corrected chi connectivity index (χ2v) is 3.70. The van der Waals surface area contributed by atoms with Crippen molar-refractivity contribution in [1.82, 2.24) is 4.98 Å². The Balaban J connectivity index is 2.48. The fraction of sp³-hybridized carbons (Fsp3) is 0. The predicted octanol–water partition coefficient (Wildman–Crippen LogP) is 1.78. The minimum atomic E-state index is -1.05. The molecule has 0 fully saturated rings. The van der Waals surface area contributed by atoms with E-state index in [1.165, 1.54) is 18.2 Å². The molecule has 0 saturated heterocycles. The standard InChI is InChI=1S/C13H11N3O2/c14-10-5-4-8(13(17)18)7-9(10)12(15)11-3-1-2-6-16-11/h1-7,15H,14H2,(H,17,18). The SMILES string of the molecule is N=C(c1ccccn1)c1cc(C(=O)O)ccc1N. The molecule has 5 heteroatoms. The summed E-state index contributed by atoms with van der Waals surface area (Å²) in [6.45, 7) is 0. The highest BCUT2D eigenvalue weighted by molar-refractivity contribution is 6.13. The topological polar surface area (TPSA) is 100 Å². The lowest BCUT2D eigenvalue weighted by atomic mass is 10.0. The molecule has 0 atom stereocenters. The van der Waals surface area contributed by atoms with Crippen LogP contribution in [-0.2, 0) is 0 Å². The maximum absolute atomic E-state index is 10.9. The first-order chi connectivity index (χ1) is 8.59. The van der Waals surface area contributed by atoms with Gasteiger partial charge in [0.2, 0.25) is 0 Å². The van der Waals surface area contributed by atoms with Gasteiger partial charge in [0.25, 0.3) is 0 Å². The minimum Gasteiger partial charge on any atom is -0.478 e. The van der Waals surface area contributed by atoms with Crippen molar-refractivity contribution < 1.29 is 9.90 Å². The van der Waals surface area contributed by atoms with Crippen LogP contribution in [0.15, 0.2) is 42.6 Å². The summed E-state index contributed by atoms with van der Waals surface area (Å²) in [4.78, 5) is 14.9. The molecule has 1 heterocycles. The Morgan fingerprint density at radius 2 is 2.06 bits per heavy atom. The minimum absolute atomic E-state index is 0.0971. The summed E-state index contributed by atoms with van der Waals surface area (Å²) < 4.78 is 0. The van der Waals surface area contributed by atoms with E-state index in [0.717, 1.165) is 0 Å². The van der Waals surface area contributed by atoms with E-state index in [1.807, 2.05) is 0 Å². The number of nitrogens with one attached hydrogen (secondary N) is 1. The molecule has 1 aromatic carbocycles. The van der Waals surface area contributed by atoms with E-state index in [2.05, 4.69) is 4.98 Å². The lowest BCUT2D eigenvalue weighted by Crippen LogP contribution is -2.09. The number of carboxylic acid groups (broad SMARTS) is 1. The van der Waals surface area contributed by atoms with Crippen molar-refractivity contribution in [3.05, 3.63) is 59.4 Å². The van der Waals surface area contributed by atoms with Crippen LogP contribution in [0.4, 0.5) is 5.69 Å². The molecule has 0 saturated carbocycles. The lowest BCUT2D eigenvalue weighted by molar-refractivity contribution is 0.0697. The van der Waals surface area contributed by atoms with Gasteiger partial charge in [-0.3, -0.25) is 10.4 Å². The molecule has 2 aromatic rings. The molecule has 2 rings (SSSR count). The quantitative estimate of drug-likeness (QED) is 0.563. The maximum atomic E-state index is 10.9. The molecule has 0 aliphatic carbocycles. The molecule has 4 N–H and O–H groups in total. The second-order valence-electron chi connectivity index (χ2n) is 3.70. The van der Waals surface area contributed by atoms with Gasteiger partial charge in [-0.2, -0.15) is 0 Å². The molecule has 0 radical (unpaired) electrons. The Morgan fingerprint density at radius 3 is 2.67 bits per heavy atom. The largest absolute Gasteiger partial charge is 0.478 e. The third-order valence-corrected chi connectivity index (χ3v) is 2.49. The van der Waals surface area contributed by atoms with Gasteiger partial charge in [0.15, 0.2) is 0 Å². The van der Waals surface area contributed by atoms with Crippen molar-refractivity contribution in [3.63, 3.8) is 0 Å². The fourth-order valence-corrected chi connectivity index (χ4v) is 1.55. The Labute approximate surface area is 103 Å². The van der Waals surface area contributed by atoms with E-state index in [-0.39, 0.29) is 11.3 Å². The Morgan fingerprint density at radius 1 is 1.28 bits per heavy atom. The average Bonchev–Trinajstić information content (AvgIpc) is 2.39. The number of benzene rings is 1. The Hall–Kier alpha value is -2.69. The fourth-order valence-electron chi connectivity index (χ4n) is 1.55. The van der Waals surface area contributed by atoms with Crippen molar-refractivity contribution in [1.29, 1.82) is 5.41 Å². The van der Waals surface area contributed by atoms with E-state index in [4.69, 9.17) is 16.2 Å². The van der Waals surface area contributed by atoms with Crippen LogP contribution in [0.1, 0.15) is 21.6 Å². The van der Waals surface area contributed by atoms with Crippen molar-refractivity contribution in [2.45, 2.75) is 0 Å². The number of anilines is 1. The smallest absolute Gasteiger partial charge is 0.335 e. The van der Waals surface area contributed by atoms with Gasteiger partial charge < -0.3 is 10.8 Å². The van der Waals surface area contributed by atoms with Gasteiger partial charge in [-0.1, -0.05) is 6.07 Å². The number of hydrogen-bond acceptors (Lipinski definition) is 4. The molecular formula is C13H11N3O2. The summed E-state index contributed by atoms with van der Waals surface area (Å²) in [5.41, 5.74) is 7.15. The van der Waals surface area contributed by atoms with Crippen molar-refractivity contribution in [3.8, 4) is 0 Å². The van der Waals surface area contributed by atoms with Crippen LogP contribution in [0.3, 0.4) is 0 Å². The normalized spacial score (nSPS) is 10.0. The summed E-state index contributed by atoms with van der Waals surface area (Å²) >= 11 is 0. The molecule has 0 bridgehead atoms. The van der Waals surface area contributed by atoms with Gasteiger partial charge in [-0.15, -0.1) is 0 Å². The number of aromatic nitrogens is 1.